The maximum absolute atomic E-state index is 13.3. The molecule has 0 bridgehead atoms. The average Bonchev–Trinajstić information content (AvgIpc) is 2.99. The molecule has 0 spiro atoms. The van der Waals surface area contributed by atoms with E-state index < -0.39 is 26.1 Å². The van der Waals surface area contributed by atoms with E-state index in [2.05, 4.69) is 55.1 Å². The van der Waals surface area contributed by atoms with E-state index in [1.165, 1.54) is 0 Å². The Balaban J connectivity index is 1.92. The highest BCUT2D eigenvalue weighted by atomic mass is 79.9. The number of carbonyl (C=O) groups excluding carboxylic acids is 2. The number of amides is 2. The van der Waals surface area contributed by atoms with Crippen molar-refractivity contribution >= 4 is 52.7 Å². The van der Waals surface area contributed by atoms with Gasteiger partial charge in [0.05, 0.1) is 5.69 Å². The summed E-state index contributed by atoms with van der Waals surface area (Å²) in [5.41, 5.74) is 0.177. The molecule has 1 heterocycles. The standard InChI is InChI=1S/C25H35BrN2O4Si/c1-24(2,3)31-23(30)27-20-13-14-28(22(20)29)21-18-15-17(32-33(7,8)25(4,5)6)11-9-16(18)10-12-19(21)26/h9-12,15,20H,13-14H2,1-8H3,(H,27,30). The maximum Gasteiger partial charge on any atom is 0.408 e. The van der Waals surface area contributed by atoms with Gasteiger partial charge < -0.3 is 19.4 Å². The summed E-state index contributed by atoms with van der Waals surface area (Å²) in [6.45, 7) is 17.0. The van der Waals surface area contributed by atoms with Crippen LogP contribution in [0.1, 0.15) is 48.0 Å². The molecule has 0 aromatic heterocycles. The van der Waals surface area contributed by atoms with Crippen molar-refractivity contribution in [3.05, 3.63) is 34.8 Å². The number of carbonyl (C=O) groups is 2. The summed E-state index contributed by atoms with van der Waals surface area (Å²) in [6, 6.07) is 9.42. The summed E-state index contributed by atoms with van der Waals surface area (Å²) in [4.78, 5) is 27.2. The second-order valence-corrected chi connectivity index (χ2v) is 16.7. The number of alkyl carbamates (subject to hydrolysis) is 1. The molecule has 2 amide bonds. The third kappa shape index (κ3) is 5.72. The average molecular weight is 536 g/mol. The van der Waals surface area contributed by atoms with Gasteiger partial charge in [0.15, 0.2) is 0 Å². The van der Waals surface area contributed by atoms with Crippen LogP contribution in [0.15, 0.2) is 34.8 Å². The molecule has 1 saturated heterocycles. The SMILES string of the molecule is CC(C)(C)OC(=O)NC1CCN(c2c(Br)ccc3ccc(O[Si](C)(C)C(C)(C)C)cc23)C1=O. The first-order valence-corrected chi connectivity index (χ1v) is 15.0. The number of hydrogen-bond donors (Lipinski definition) is 1. The highest BCUT2D eigenvalue weighted by Crippen LogP contribution is 2.41. The van der Waals surface area contributed by atoms with E-state index in [1.54, 1.807) is 25.7 Å². The van der Waals surface area contributed by atoms with Crippen molar-refractivity contribution in [1.29, 1.82) is 0 Å². The first kappa shape index (κ1) is 25.6. The minimum Gasteiger partial charge on any atom is -0.543 e. The van der Waals surface area contributed by atoms with Gasteiger partial charge in [0.1, 0.15) is 17.4 Å². The molecule has 1 atom stereocenters. The third-order valence-electron chi connectivity index (χ3n) is 6.26. The minimum absolute atomic E-state index is 0.0769. The lowest BCUT2D eigenvalue weighted by atomic mass is 10.1. The number of ether oxygens (including phenoxy) is 1. The fraction of sp³-hybridized carbons (Fsp3) is 0.520. The largest absolute Gasteiger partial charge is 0.543 e. The molecule has 6 nitrogen and oxygen atoms in total. The molecular weight excluding hydrogens is 500 g/mol. The second kappa shape index (κ2) is 8.95. The number of nitrogens with zero attached hydrogens (tertiary/aromatic N) is 1. The summed E-state index contributed by atoms with van der Waals surface area (Å²) < 4.78 is 12.7. The van der Waals surface area contributed by atoms with Crippen molar-refractivity contribution in [1.82, 2.24) is 5.32 Å². The fourth-order valence-electron chi connectivity index (χ4n) is 3.53. The number of nitrogens with one attached hydrogen (secondary N) is 1. The van der Waals surface area contributed by atoms with E-state index in [-0.39, 0.29) is 10.9 Å². The van der Waals surface area contributed by atoms with Crippen LogP contribution >= 0.6 is 15.9 Å². The minimum atomic E-state index is -2.01. The van der Waals surface area contributed by atoms with Crippen LogP contribution in [0.2, 0.25) is 18.1 Å². The van der Waals surface area contributed by atoms with E-state index in [1.807, 2.05) is 30.3 Å². The first-order chi connectivity index (χ1) is 15.1. The van der Waals surface area contributed by atoms with E-state index in [0.29, 0.717) is 13.0 Å². The molecule has 0 saturated carbocycles. The molecule has 0 aliphatic carbocycles. The molecule has 1 fully saturated rings. The lowest BCUT2D eigenvalue weighted by molar-refractivity contribution is -0.118. The van der Waals surface area contributed by atoms with Crippen LogP contribution in [-0.4, -0.2) is 38.5 Å². The maximum atomic E-state index is 13.3. The van der Waals surface area contributed by atoms with Gasteiger partial charge in [-0.3, -0.25) is 4.79 Å². The topological polar surface area (TPSA) is 67.9 Å². The van der Waals surface area contributed by atoms with Crippen molar-refractivity contribution in [2.75, 3.05) is 11.4 Å². The number of halogens is 1. The summed E-state index contributed by atoms with van der Waals surface area (Å²) in [5, 5.41) is 4.76. The molecule has 0 radical (unpaired) electrons. The second-order valence-electron chi connectivity index (χ2n) is 11.1. The normalized spacial score (nSPS) is 17.4. The van der Waals surface area contributed by atoms with Gasteiger partial charge in [-0.2, -0.15) is 0 Å². The highest BCUT2D eigenvalue weighted by Gasteiger charge is 2.39. The van der Waals surface area contributed by atoms with Crippen LogP contribution in [0.5, 0.6) is 5.75 Å². The Hall–Kier alpha value is -2.06. The van der Waals surface area contributed by atoms with E-state index in [9.17, 15) is 9.59 Å². The van der Waals surface area contributed by atoms with Gasteiger partial charge in [-0.25, -0.2) is 4.79 Å². The third-order valence-corrected chi connectivity index (χ3v) is 11.3. The van der Waals surface area contributed by atoms with Gasteiger partial charge in [0.2, 0.25) is 14.2 Å². The Morgan fingerprint density at radius 1 is 1.12 bits per heavy atom. The van der Waals surface area contributed by atoms with Crippen LogP contribution in [0.3, 0.4) is 0 Å². The lowest BCUT2D eigenvalue weighted by Gasteiger charge is -2.36. The molecule has 180 valence electrons. The van der Waals surface area contributed by atoms with Crippen molar-refractivity contribution in [2.45, 2.75) is 77.7 Å². The van der Waals surface area contributed by atoms with Gasteiger partial charge in [0, 0.05) is 16.4 Å². The molecule has 8 heteroatoms. The van der Waals surface area contributed by atoms with Crippen LogP contribution in [0, 0.1) is 0 Å². The van der Waals surface area contributed by atoms with Crippen molar-refractivity contribution in [2.24, 2.45) is 0 Å². The molecule has 1 aliphatic rings. The molecule has 1 unspecified atom stereocenters. The zero-order valence-corrected chi connectivity index (χ0v) is 23.4. The van der Waals surface area contributed by atoms with Crippen LogP contribution in [0.4, 0.5) is 10.5 Å². The molecule has 2 aromatic carbocycles. The van der Waals surface area contributed by atoms with Gasteiger partial charge in [0.25, 0.3) is 0 Å². The Morgan fingerprint density at radius 2 is 1.76 bits per heavy atom. The molecule has 33 heavy (non-hydrogen) atoms. The summed E-state index contributed by atoms with van der Waals surface area (Å²) in [6.07, 6.45) is -0.0640. The number of anilines is 1. The quantitative estimate of drug-likeness (QED) is 0.447. The van der Waals surface area contributed by atoms with Crippen molar-refractivity contribution in [3.63, 3.8) is 0 Å². The zero-order valence-electron chi connectivity index (χ0n) is 20.8. The molecular formula is C25H35BrN2O4Si. The van der Waals surface area contributed by atoms with Gasteiger partial charge >= 0.3 is 6.09 Å². The summed E-state index contributed by atoms with van der Waals surface area (Å²) in [5.74, 6) is 0.660. The number of benzene rings is 2. The van der Waals surface area contributed by atoms with E-state index in [4.69, 9.17) is 9.16 Å². The van der Waals surface area contributed by atoms with Gasteiger partial charge in [-0.15, -0.1) is 0 Å². The first-order valence-electron chi connectivity index (χ1n) is 11.3. The number of rotatable bonds is 4. The molecule has 1 N–H and O–H groups in total. The fourth-order valence-corrected chi connectivity index (χ4v) is 5.11. The summed E-state index contributed by atoms with van der Waals surface area (Å²) in [7, 11) is -2.01. The van der Waals surface area contributed by atoms with Gasteiger partial charge in [-0.05, 0) is 84.8 Å². The lowest BCUT2D eigenvalue weighted by Crippen LogP contribution is -2.44. The zero-order chi connectivity index (χ0) is 24.8. The van der Waals surface area contributed by atoms with Gasteiger partial charge in [-0.1, -0.05) is 32.9 Å². The number of fused-ring (bicyclic) bond motifs is 1. The predicted molar refractivity (Wildman–Crippen MR) is 140 cm³/mol. The molecule has 2 aromatic rings. The van der Waals surface area contributed by atoms with E-state index >= 15 is 0 Å². The summed E-state index contributed by atoms with van der Waals surface area (Å²) >= 11 is 3.65. The van der Waals surface area contributed by atoms with Crippen LogP contribution in [-0.2, 0) is 9.53 Å². The van der Waals surface area contributed by atoms with Crippen LogP contribution in [0.25, 0.3) is 10.8 Å². The van der Waals surface area contributed by atoms with E-state index in [0.717, 1.165) is 26.7 Å². The smallest absolute Gasteiger partial charge is 0.408 e. The Morgan fingerprint density at radius 3 is 2.36 bits per heavy atom. The van der Waals surface area contributed by atoms with Crippen molar-refractivity contribution in [3.8, 4) is 5.75 Å². The Kier molecular flexibility index (Phi) is 6.93. The molecule has 3 rings (SSSR count). The Labute approximate surface area is 206 Å². The Bertz CT molecular complexity index is 1070. The molecule has 1 aliphatic heterocycles. The van der Waals surface area contributed by atoms with Crippen LogP contribution < -0.4 is 14.6 Å². The highest BCUT2D eigenvalue weighted by molar-refractivity contribution is 9.10. The number of hydrogen-bond acceptors (Lipinski definition) is 4. The van der Waals surface area contributed by atoms with Crippen molar-refractivity contribution < 1.29 is 18.8 Å². The monoisotopic (exact) mass is 534 g/mol. The predicted octanol–water partition coefficient (Wildman–Crippen LogP) is 6.62.